The third kappa shape index (κ3) is 3.33. The minimum Gasteiger partial charge on any atom is -0.496 e. The summed E-state index contributed by atoms with van der Waals surface area (Å²) in [7, 11) is 1.66. The van der Waals surface area contributed by atoms with E-state index in [0.29, 0.717) is 6.54 Å². The molecule has 1 amide bonds. The van der Waals surface area contributed by atoms with Crippen molar-refractivity contribution in [2.45, 2.75) is 40.7 Å². The second-order valence-corrected chi connectivity index (χ2v) is 7.85. The van der Waals surface area contributed by atoms with Gasteiger partial charge in [-0.15, -0.1) is 0 Å². The topological polar surface area (TPSA) is 42.7 Å². The van der Waals surface area contributed by atoms with Gasteiger partial charge in [-0.3, -0.25) is 4.79 Å². The van der Waals surface area contributed by atoms with Crippen molar-refractivity contribution < 1.29 is 13.9 Å². The first kappa shape index (κ1) is 19.3. The first-order valence-corrected chi connectivity index (χ1v) is 10.0. The molecule has 2 heterocycles. The van der Waals surface area contributed by atoms with Gasteiger partial charge < -0.3 is 14.1 Å². The number of benzene rings is 2. The quantitative estimate of drug-likeness (QED) is 0.567. The number of fused-ring (bicyclic) bond motifs is 2. The molecule has 4 rings (SSSR count). The first-order valence-electron chi connectivity index (χ1n) is 10.0. The van der Waals surface area contributed by atoms with Gasteiger partial charge >= 0.3 is 0 Å². The molecule has 2 aromatic carbocycles. The van der Waals surface area contributed by atoms with E-state index >= 15 is 0 Å². The van der Waals surface area contributed by atoms with Crippen molar-refractivity contribution in [3.05, 3.63) is 70.0 Å². The summed E-state index contributed by atoms with van der Waals surface area (Å²) in [6.45, 7) is 9.42. The standard InChI is InChI=1S/C25H27NO3/c1-15(12-23(27)26-11-10-19-8-6-7-9-20(19)14-26)21-13-22-16(2)18(4)29-25(22)17(3)24(21)28-5/h6-9,12-13H,10-11,14H2,1-5H3/b15-12+. The normalized spacial score (nSPS) is 14.2. The lowest BCUT2D eigenvalue weighted by molar-refractivity contribution is -0.126. The number of carbonyl (C=O) groups excluding carboxylic acids is 1. The van der Waals surface area contributed by atoms with Crippen molar-refractivity contribution in [2.24, 2.45) is 0 Å². The van der Waals surface area contributed by atoms with Crippen LogP contribution in [0.25, 0.3) is 16.5 Å². The lowest BCUT2D eigenvalue weighted by Gasteiger charge is -2.28. The van der Waals surface area contributed by atoms with E-state index in [9.17, 15) is 4.79 Å². The van der Waals surface area contributed by atoms with Crippen LogP contribution in [0.4, 0.5) is 0 Å². The highest BCUT2D eigenvalue weighted by Gasteiger charge is 2.21. The number of hydrogen-bond acceptors (Lipinski definition) is 3. The lowest BCUT2D eigenvalue weighted by atomic mass is 9.97. The summed E-state index contributed by atoms with van der Waals surface area (Å²) in [4.78, 5) is 14.9. The average Bonchev–Trinajstić information content (AvgIpc) is 3.02. The maximum absolute atomic E-state index is 13.0. The van der Waals surface area contributed by atoms with E-state index in [1.807, 2.05) is 31.7 Å². The third-order valence-corrected chi connectivity index (χ3v) is 6.06. The van der Waals surface area contributed by atoms with Crippen LogP contribution in [0.2, 0.25) is 0 Å². The fourth-order valence-electron chi connectivity index (χ4n) is 4.21. The van der Waals surface area contributed by atoms with E-state index in [-0.39, 0.29) is 5.91 Å². The number of hydrogen-bond donors (Lipinski definition) is 0. The van der Waals surface area contributed by atoms with Crippen molar-refractivity contribution in [3.8, 4) is 5.75 Å². The van der Waals surface area contributed by atoms with Crippen LogP contribution < -0.4 is 4.74 Å². The Kier molecular flexibility index (Phi) is 4.95. The van der Waals surface area contributed by atoms with Crippen molar-refractivity contribution in [1.82, 2.24) is 4.90 Å². The molecule has 0 saturated carbocycles. The number of aryl methyl sites for hydroxylation is 3. The summed E-state index contributed by atoms with van der Waals surface area (Å²) in [6, 6.07) is 10.4. The van der Waals surface area contributed by atoms with Crippen LogP contribution in [0.1, 0.15) is 40.5 Å². The van der Waals surface area contributed by atoms with Crippen LogP contribution in [-0.4, -0.2) is 24.5 Å². The van der Waals surface area contributed by atoms with E-state index in [2.05, 4.69) is 31.2 Å². The molecule has 0 unspecified atom stereocenters. The summed E-state index contributed by atoms with van der Waals surface area (Å²) in [5.41, 5.74) is 7.35. The smallest absolute Gasteiger partial charge is 0.247 e. The molecule has 0 bridgehead atoms. The molecule has 1 aromatic heterocycles. The lowest BCUT2D eigenvalue weighted by Crippen LogP contribution is -2.34. The molecule has 150 valence electrons. The summed E-state index contributed by atoms with van der Waals surface area (Å²) in [5.74, 6) is 1.71. The van der Waals surface area contributed by atoms with Gasteiger partial charge in [-0.05, 0) is 62.4 Å². The molecule has 0 spiro atoms. The van der Waals surface area contributed by atoms with E-state index < -0.39 is 0 Å². The number of nitrogens with zero attached hydrogens (tertiary/aromatic N) is 1. The monoisotopic (exact) mass is 389 g/mol. The zero-order valence-electron chi connectivity index (χ0n) is 17.8. The third-order valence-electron chi connectivity index (χ3n) is 6.06. The zero-order chi connectivity index (χ0) is 20.7. The van der Waals surface area contributed by atoms with Crippen LogP contribution in [0.3, 0.4) is 0 Å². The SMILES string of the molecule is COc1c(/C(C)=C/C(=O)N2CCc3ccccc3C2)cc2c(C)c(C)oc2c1C. The first-order chi connectivity index (χ1) is 13.9. The molecule has 1 aliphatic rings. The Morgan fingerprint density at radius 2 is 1.86 bits per heavy atom. The summed E-state index contributed by atoms with van der Waals surface area (Å²) >= 11 is 0. The predicted octanol–water partition coefficient (Wildman–Crippen LogP) is 5.35. The zero-order valence-corrected chi connectivity index (χ0v) is 17.8. The van der Waals surface area contributed by atoms with E-state index in [1.54, 1.807) is 13.2 Å². The summed E-state index contributed by atoms with van der Waals surface area (Å²) < 4.78 is 11.6. The van der Waals surface area contributed by atoms with Gasteiger partial charge in [0.2, 0.25) is 5.91 Å². The average molecular weight is 389 g/mol. The van der Waals surface area contributed by atoms with Crippen LogP contribution in [0, 0.1) is 20.8 Å². The van der Waals surface area contributed by atoms with Crippen molar-refractivity contribution in [3.63, 3.8) is 0 Å². The molecule has 0 fully saturated rings. The highest BCUT2D eigenvalue weighted by Crippen LogP contribution is 2.38. The minimum absolute atomic E-state index is 0.0388. The maximum atomic E-state index is 13.0. The van der Waals surface area contributed by atoms with Gasteiger partial charge in [-0.2, -0.15) is 0 Å². The largest absolute Gasteiger partial charge is 0.496 e. The highest BCUT2D eigenvalue weighted by atomic mass is 16.5. The van der Waals surface area contributed by atoms with Crippen LogP contribution in [0.15, 0.2) is 40.8 Å². The van der Waals surface area contributed by atoms with E-state index in [1.165, 1.54) is 11.1 Å². The second-order valence-electron chi connectivity index (χ2n) is 7.85. The Bertz CT molecular complexity index is 1140. The molecule has 0 saturated heterocycles. The van der Waals surface area contributed by atoms with Gasteiger partial charge in [-0.25, -0.2) is 0 Å². The predicted molar refractivity (Wildman–Crippen MR) is 116 cm³/mol. The molecule has 29 heavy (non-hydrogen) atoms. The fourth-order valence-corrected chi connectivity index (χ4v) is 4.21. The van der Waals surface area contributed by atoms with Gasteiger partial charge in [0.15, 0.2) is 0 Å². The van der Waals surface area contributed by atoms with Crippen molar-refractivity contribution in [1.29, 1.82) is 0 Å². The number of rotatable bonds is 3. The number of methoxy groups -OCH3 is 1. The van der Waals surface area contributed by atoms with Crippen LogP contribution >= 0.6 is 0 Å². The molecule has 0 radical (unpaired) electrons. The van der Waals surface area contributed by atoms with Crippen LogP contribution in [-0.2, 0) is 17.8 Å². The molecule has 1 aliphatic heterocycles. The number of ether oxygens (including phenoxy) is 1. The molecule has 4 heteroatoms. The van der Waals surface area contributed by atoms with Gasteiger partial charge in [-0.1, -0.05) is 24.3 Å². The number of amides is 1. The molecular formula is C25H27NO3. The number of furan rings is 1. The second kappa shape index (κ2) is 7.43. The van der Waals surface area contributed by atoms with Gasteiger partial charge in [0.05, 0.1) is 7.11 Å². The number of carbonyl (C=O) groups is 1. The Balaban J connectivity index is 1.69. The summed E-state index contributed by atoms with van der Waals surface area (Å²) in [6.07, 6.45) is 2.63. The van der Waals surface area contributed by atoms with E-state index in [0.717, 1.165) is 57.7 Å². The molecular weight excluding hydrogens is 362 g/mol. The molecule has 0 aliphatic carbocycles. The Morgan fingerprint density at radius 1 is 1.14 bits per heavy atom. The Morgan fingerprint density at radius 3 is 2.59 bits per heavy atom. The fraction of sp³-hybridized carbons (Fsp3) is 0.320. The van der Waals surface area contributed by atoms with Crippen molar-refractivity contribution >= 4 is 22.4 Å². The Hall–Kier alpha value is -3.01. The highest BCUT2D eigenvalue weighted by molar-refractivity contribution is 5.98. The molecule has 4 nitrogen and oxygen atoms in total. The van der Waals surface area contributed by atoms with Gasteiger partial charge in [0, 0.05) is 35.7 Å². The van der Waals surface area contributed by atoms with Gasteiger partial charge in [0.25, 0.3) is 0 Å². The van der Waals surface area contributed by atoms with Crippen molar-refractivity contribution in [2.75, 3.05) is 13.7 Å². The molecule has 0 N–H and O–H groups in total. The maximum Gasteiger partial charge on any atom is 0.247 e. The Labute approximate surface area is 171 Å². The van der Waals surface area contributed by atoms with E-state index in [4.69, 9.17) is 9.15 Å². The summed E-state index contributed by atoms with van der Waals surface area (Å²) in [5, 5.41) is 1.07. The van der Waals surface area contributed by atoms with Crippen LogP contribution in [0.5, 0.6) is 5.75 Å². The number of allylic oxidation sites excluding steroid dienone is 1. The molecule has 3 aromatic rings. The van der Waals surface area contributed by atoms with Gasteiger partial charge in [0.1, 0.15) is 17.1 Å². The minimum atomic E-state index is 0.0388. The molecule has 0 atom stereocenters.